The lowest BCUT2D eigenvalue weighted by molar-refractivity contribution is 0.616. The predicted octanol–water partition coefficient (Wildman–Crippen LogP) is 11.8. The number of rotatable bonds is 5. The van der Waals surface area contributed by atoms with Crippen LogP contribution in [-0.2, 0) is 0 Å². The number of anilines is 6. The fraction of sp³-hybridized carbons (Fsp3) is 0. The fourth-order valence-corrected chi connectivity index (χ4v) is 9.44. The van der Waals surface area contributed by atoms with Gasteiger partial charge < -0.3 is 18.8 Å². The largest absolute Gasteiger partial charge is 0.467 e. The van der Waals surface area contributed by atoms with E-state index in [1.807, 2.05) is 0 Å². The highest BCUT2D eigenvalue weighted by Crippen LogP contribution is 2.51. The van der Waals surface area contributed by atoms with Crippen LogP contribution >= 0.6 is 0 Å². The van der Waals surface area contributed by atoms with Crippen LogP contribution in [-0.4, -0.2) is 11.3 Å². The molecule has 0 spiro atoms. The standard InChI is InChI=1S/C52H34BN3O/c1-5-19-35(20-6-1)48-50-52(57-51(48)36-21-7-2-8-22-36)53-42-29-15-18-32-45(42)54(37-23-9-3-10-24-37)46-33-39(34-47(49(46)53)56(50)38-25-11-4-12-26-38)55-43-30-16-13-27-40(43)41-28-14-17-31-44(41)55/h1-34H. The summed E-state index contributed by atoms with van der Waals surface area (Å²) in [5, 5.41) is 2.47. The molecule has 0 bridgehead atoms. The lowest BCUT2D eigenvalue weighted by Gasteiger charge is -2.43. The van der Waals surface area contributed by atoms with E-state index in [0.717, 1.165) is 67.9 Å². The van der Waals surface area contributed by atoms with Crippen LogP contribution in [0.5, 0.6) is 0 Å². The minimum absolute atomic E-state index is 0.173. The summed E-state index contributed by atoms with van der Waals surface area (Å²) in [4.78, 5) is 4.92. The molecule has 0 fully saturated rings. The minimum Gasteiger partial charge on any atom is -0.467 e. The van der Waals surface area contributed by atoms with Gasteiger partial charge in [0, 0.05) is 44.8 Å². The van der Waals surface area contributed by atoms with Crippen molar-refractivity contribution in [2.45, 2.75) is 0 Å². The van der Waals surface area contributed by atoms with Crippen LogP contribution < -0.4 is 26.4 Å². The first-order valence-corrected chi connectivity index (χ1v) is 19.6. The second-order valence-corrected chi connectivity index (χ2v) is 14.9. The molecule has 4 nitrogen and oxygen atoms in total. The highest BCUT2D eigenvalue weighted by molar-refractivity contribution is 6.99. The van der Waals surface area contributed by atoms with Crippen molar-refractivity contribution in [3.63, 3.8) is 0 Å². The Labute approximate surface area is 331 Å². The summed E-state index contributed by atoms with van der Waals surface area (Å²) >= 11 is 0. The van der Waals surface area contributed by atoms with E-state index >= 15 is 0 Å². The summed E-state index contributed by atoms with van der Waals surface area (Å²) in [7, 11) is 0. The number of fused-ring (bicyclic) bond motifs is 7. The second kappa shape index (κ2) is 12.5. The summed E-state index contributed by atoms with van der Waals surface area (Å²) in [6.45, 7) is -0.173. The van der Waals surface area contributed by atoms with Gasteiger partial charge in [-0.2, -0.15) is 0 Å². The van der Waals surface area contributed by atoms with Crippen molar-refractivity contribution in [2.75, 3.05) is 9.80 Å². The van der Waals surface area contributed by atoms with Crippen LogP contribution in [0.3, 0.4) is 0 Å². The zero-order valence-corrected chi connectivity index (χ0v) is 31.0. The summed E-state index contributed by atoms with van der Waals surface area (Å²) in [5.41, 5.74) is 16.7. The van der Waals surface area contributed by atoms with Gasteiger partial charge in [-0.25, -0.2) is 0 Å². The van der Waals surface area contributed by atoms with E-state index in [4.69, 9.17) is 4.42 Å². The maximum Gasteiger partial charge on any atom is 0.297 e. The third-order valence-electron chi connectivity index (χ3n) is 11.7. The van der Waals surface area contributed by atoms with E-state index < -0.39 is 0 Å². The molecule has 5 heteroatoms. The molecule has 0 N–H and O–H groups in total. The van der Waals surface area contributed by atoms with Gasteiger partial charge in [0.25, 0.3) is 6.71 Å². The molecule has 0 amide bonds. The van der Waals surface area contributed by atoms with Crippen LogP contribution in [0.4, 0.5) is 34.1 Å². The molecule has 0 saturated heterocycles. The third-order valence-corrected chi connectivity index (χ3v) is 11.7. The number of aromatic nitrogens is 1. The lowest BCUT2D eigenvalue weighted by Crippen LogP contribution is -2.61. The molecular formula is C52H34BN3O. The van der Waals surface area contributed by atoms with Crippen molar-refractivity contribution < 1.29 is 4.42 Å². The normalized spacial score (nSPS) is 12.8. The number of hydrogen-bond donors (Lipinski definition) is 0. The average Bonchev–Trinajstić information content (AvgIpc) is 3.84. The second-order valence-electron chi connectivity index (χ2n) is 14.9. The number of hydrogen-bond acceptors (Lipinski definition) is 3. The van der Waals surface area contributed by atoms with Crippen molar-refractivity contribution in [1.29, 1.82) is 0 Å². The average molecular weight is 728 g/mol. The molecule has 0 unspecified atom stereocenters. The Hall–Kier alpha value is -7.50. The van der Waals surface area contributed by atoms with E-state index in [2.05, 4.69) is 221 Å². The first-order valence-electron chi connectivity index (χ1n) is 19.6. The Kier molecular flexibility index (Phi) is 6.99. The van der Waals surface area contributed by atoms with Gasteiger partial charge in [-0.05, 0) is 71.1 Å². The Balaban J connectivity index is 1.27. The quantitative estimate of drug-likeness (QED) is 0.165. The Morgan fingerprint density at radius 2 is 0.895 bits per heavy atom. The molecule has 2 aliphatic rings. The monoisotopic (exact) mass is 727 g/mol. The molecule has 0 atom stereocenters. The number of benzene rings is 8. The van der Waals surface area contributed by atoms with E-state index in [1.54, 1.807) is 0 Å². The molecule has 8 aromatic carbocycles. The van der Waals surface area contributed by atoms with Gasteiger partial charge in [0.1, 0.15) is 5.76 Å². The molecule has 0 radical (unpaired) electrons. The van der Waals surface area contributed by atoms with E-state index in [0.29, 0.717) is 0 Å². The number of furan rings is 1. The molecule has 0 aliphatic carbocycles. The Morgan fingerprint density at radius 3 is 1.53 bits per heavy atom. The fourth-order valence-electron chi connectivity index (χ4n) is 9.44. The zero-order chi connectivity index (χ0) is 37.5. The minimum atomic E-state index is -0.173. The molecular weight excluding hydrogens is 693 g/mol. The highest BCUT2D eigenvalue weighted by Gasteiger charge is 2.48. The summed E-state index contributed by atoms with van der Waals surface area (Å²) in [5.74, 6) is 0.868. The van der Waals surface area contributed by atoms with Crippen LogP contribution in [0.1, 0.15) is 0 Å². The Bertz CT molecular complexity index is 3080. The molecule has 2 aliphatic heterocycles. The topological polar surface area (TPSA) is 24.6 Å². The van der Waals surface area contributed by atoms with Crippen molar-refractivity contribution in [2.24, 2.45) is 0 Å². The molecule has 12 rings (SSSR count). The van der Waals surface area contributed by atoms with Gasteiger partial charge in [0.2, 0.25) is 0 Å². The van der Waals surface area contributed by atoms with Gasteiger partial charge in [-0.1, -0.05) is 152 Å². The smallest absolute Gasteiger partial charge is 0.297 e. The summed E-state index contributed by atoms with van der Waals surface area (Å²) in [6.07, 6.45) is 0. The van der Waals surface area contributed by atoms with Gasteiger partial charge in [0.05, 0.1) is 33.6 Å². The number of nitrogens with zero attached hydrogens (tertiary/aromatic N) is 3. The summed E-state index contributed by atoms with van der Waals surface area (Å²) in [6, 6.07) is 74.2. The van der Waals surface area contributed by atoms with Crippen LogP contribution in [0.15, 0.2) is 211 Å². The van der Waals surface area contributed by atoms with Crippen molar-refractivity contribution in [3.8, 4) is 28.1 Å². The molecule has 4 heterocycles. The molecule has 0 saturated carbocycles. The van der Waals surface area contributed by atoms with Crippen LogP contribution in [0, 0.1) is 0 Å². The summed E-state index contributed by atoms with van der Waals surface area (Å²) < 4.78 is 9.88. The zero-order valence-electron chi connectivity index (χ0n) is 31.0. The first kappa shape index (κ1) is 31.8. The SMILES string of the molecule is c1ccc(-c2oc3c(c2-c2ccccc2)N(c2ccccc2)c2cc(-n4c5ccccc5c5ccccc54)cc4c2B3c2ccccc2N4c2ccccc2)cc1. The first-order chi connectivity index (χ1) is 28.3. The lowest BCUT2D eigenvalue weighted by atomic mass is 9.35. The van der Waals surface area contributed by atoms with Crippen LogP contribution in [0.25, 0.3) is 49.9 Å². The maximum absolute atomic E-state index is 7.43. The van der Waals surface area contributed by atoms with Gasteiger partial charge in [0.15, 0.2) is 0 Å². The predicted molar refractivity (Wildman–Crippen MR) is 238 cm³/mol. The maximum atomic E-state index is 7.43. The van der Waals surface area contributed by atoms with E-state index in [9.17, 15) is 0 Å². The third kappa shape index (κ3) is 4.69. The van der Waals surface area contributed by atoms with E-state index in [1.165, 1.54) is 32.7 Å². The van der Waals surface area contributed by atoms with Gasteiger partial charge >= 0.3 is 0 Å². The number of para-hydroxylation sites is 5. The molecule has 266 valence electrons. The highest BCUT2D eigenvalue weighted by atomic mass is 16.3. The van der Waals surface area contributed by atoms with Crippen molar-refractivity contribution in [3.05, 3.63) is 206 Å². The molecule has 57 heavy (non-hydrogen) atoms. The van der Waals surface area contributed by atoms with Crippen molar-refractivity contribution >= 4 is 79.2 Å². The van der Waals surface area contributed by atoms with E-state index in [-0.39, 0.29) is 6.71 Å². The Morgan fingerprint density at radius 1 is 0.404 bits per heavy atom. The van der Waals surface area contributed by atoms with Crippen LogP contribution in [0.2, 0.25) is 0 Å². The molecule has 10 aromatic rings. The van der Waals surface area contributed by atoms with Gasteiger partial charge in [-0.15, -0.1) is 0 Å². The van der Waals surface area contributed by atoms with Crippen molar-refractivity contribution in [1.82, 2.24) is 4.57 Å². The molecule has 2 aromatic heterocycles. The van der Waals surface area contributed by atoms with Gasteiger partial charge in [-0.3, -0.25) is 0 Å².